The number of nitrogens with zero attached hydrogens (tertiary/aromatic N) is 1. The van der Waals surface area contributed by atoms with Gasteiger partial charge >= 0.3 is 0 Å². The van der Waals surface area contributed by atoms with Gasteiger partial charge in [-0.25, -0.2) is 8.42 Å². The van der Waals surface area contributed by atoms with Crippen LogP contribution < -0.4 is 10.6 Å². The van der Waals surface area contributed by atoms with Gasteiger partial charge in [-0.3, -0.25) is 4.99 Å². The number of benzene rings is 1. The minimum atomic E-state index is -2.93. The summed E-state index contributed by atoms with van der Waals surface area (Å²) < 4.78 is 28.2. The van der Waals surface area contributed by atoms with Crippen molar-refractivity contribution in [2.24, 2.45) is 4.99 Å². The Bertz CT molecular complexity index is 624. The van der Waals surface area contributed by atoms with Crippen LogP contribution in [0.2, 0.25) is 0 Å². The van der Waals surface area contributed by atoms with Crippen LogP contribution in [-0.4, -0.2) is 58.7 Å². The van der Waals surface area contributed by atoms with Gasteiger partial charge in [-0.1, -0.05) is 30.3 Å². The fourth-order valence-electron chi connectivity index (χ4n) is 2.31. The summed E-state index contributed by atoms with van der Waals surface area (Å²) in [6, 6.07) is 10.3. The van der Waals surface area contributed by atoms with Gasteiger partial charge < -0.3 is 15.4 Å². The molecule has 0 saturated carbocycles. The van der Waals surface area contributed by atoms with E-state index in [1.807, 2.05) is 32.0 Å². The molecule has 0 bridgehead atoms. The van der Waals surface area contributed by atoms with Gasteiger partial charge in [0.2, 0.25) is 0 Å². The second-order valence-electron chi connectivity index (χ2n) is 6.43. The van der Waals surface area contributed by atoms with E-state index in [9.17, 15) is 8.42 Å². The van der Waals surface area contributed by atoms with Crippen LogP contribution in [-0.2, 0) is 21.0 Å². The predicted molar refractivity (Wildman–Crippen MR) is 124 cm³/mol. The first-order valence-electron chi connectivity index (χ1n) is 9.25. The molecule has 1 rings (SSSR count). The average Bonchev–Trinajstić information content (AvgIpc) is 2.59. The highest BCUT2D eigenvalue weighted by atomic mass is 127. The van der Waals surface area contributed by atoms with Crippen LogP contribution in [0.1, 0.15) is 32.3 Å². The van der Waals surface area contributed by atoms with Gasteiger partial charge in [-0.2, -0.15) is 0 Å². The molecule has 1 aromatic rings. The van der Waals surface area contributed by atoms with Crippen LogP contribution in [0, 0.1) is 0 Å². The van der Waals surface area contributed by atoms with E-state index in [0.717, 1.165) is 25.3 Å². The van der Waals surface area contributed by atoms with Crippen molar-refractivity contribution in [1.82, 2.24) is 10.6 Å². The van der Waals surface area contributed by atoms with E-state index in [4.69, 9.17) is 4.74 Å². The highest BCUT2D eigenvalue weighted by Crippen LogP contribution is 2.00. The molecule has 0 spiro atoms. The number of guanidine groups is 1. The second-order valence-corrected chi connectivity index (χ2v) is 8.69. The lowest BCUT2D eigenvalue weighted by Crippen LogP contribution is -2.43. The number of halogens is 1. The Balaban J connectivity index is 0.00000676. The molecule has 0 saturated heterocycles. The zero-order chi connectivity index (χ0) is 19.3. The van der Waals surface area contributed by atoms with E-state index in [0.29, 0.717) is 26.2 Å². The van der Waals surface area contributed by atoms with Crippen molar-refractivity contribution in [2.75, 3.05) is 38.3 Å². The smallest absolute Gasteiger partial charge is 0.191 e. The zero-order valence-electron chi connectivity index (χ0n) is 16.6. The van der Waals surface area contributed by atoms with Crippen molar-refractivity contribution in [1.29, 1.82) is 0 Å². The van der Waals surface area contributed by atoms with Crippen LogP contribution in [0.4, 0.5) is 0 Å². The maximum absolute atomic E-state index is 11.2. The minimum absolute atomic E-state index is 0. The summed E-state index contributed by atoms with van der Waals surface area (Å²) in [6.45, 7) is 6.79. The molecule has 1 unspecified atom stereocenters. The molecule has 6 nitrogen and oxygen atoms in total. The van der Waals surface area contributed by atoms with Gasteiger partial charge in [-0.15, -0.1) is 24.0 Å². The van der Waals surface area contributed by atoms with Crippen LogP contribution in [0.3, 0.4) is 0 Å². The predicted octanol–water partition coefficient (Wildman–Crippen LogP) is 2.63. The largest absolute Gasteiger partial charge is 0.381 e. The number of ether oxygens (including phenoxy) is 1. The molecule has 0 amide bonds. The van der Waals surface area contributed by atoms with Crippen LogP contribution in [0.15, 0.2) is 35.3 Å². The van der Waals surface area contributed by atoms with E-state index in [1.54, 1.807) is 0 Å². The molecular weight excluding hydrogens is 477 g/mol. The van der Waals surface area contributed by atoms with Crippen LogP contribution >= 0.6 is 24.0 Å². The molecule has 8 heteroatoms. The molecule has 156 valence electrons. The Morgan fingerprint density at radius 3 is 2.56 bits per heavy atom. The van der Waals surface area contributed by atoms with Crippen molar-refractivity contribution < 1.29 is 13.2 Å². The summed E-state index contributed by atoms with van der Waals surface area (Å²) in [7, 11) is -2.93. The van der Waals surface area contributed by atoms with E-state index in [-0.39, 0.29) is 35.8 Å². The molecule has 1 aromatic carbocycles. The normalized spacial score (nSPS) is 12.9. The molecule has 0 aliphatic rings. The summed E-state index contributed by atoms with van der Waals surface area (Å²) in [5.41, 5.74) is 1.28. The maximum atomic E-state index is 11.2. The lowest BCUT2D eigenvalue weighted by molar-refractivity contribution is 0.136. The summed E-state index contributed by atoms with van der Waals surface area (Å²) >= 11 is 0. The molecule has 1 atom stereocenters. The number of aliphatic imine (C=N–C) groups is 1. The summed E-state index contributed by atoms with van der Waals surface area (Å²) in [4.78, 5) is 4.52. The number of nitrogens with one attached hydrogen (secondary N) is 2. The Morgan fingerprint density at radius 1 is 1.22 bits per heavy atom. The number of rotatable bonds is 12. The van der Waals surface area contributed by atoms with Crippen molar-refractivity contribution in [3.05, 3.63) is 35.9 Å². The maximum Gasteiger partial charge on any atom is 0.191 e. The van der Waals surface area contributed by atoms with Gasteiger partial charge in [0, 0.05) is 32.0 Å². The van der Waals surface area contributed by atoms with Gasteiger partial charge in [0.1, 0.15) is 9.84 Å². The zero-order valence-corrected chi connectivity index (χ0v) is 19.8. The van der Waals surface area contributed by atoms with E-state index < -0.39 is 9.84 Å². The standard InChI is InChI=1S/C19H33N3O3S.HI/c1-4-20-19(22-17(2)12-16-26(3,23)24)21-13-8-14-25-15-11-18-9-6-5-7-10-18;/h5-7,9-10,17H,4,8,11-16H2,1-3H3,(H2,20,21,22);1H. The first kappa shape index (κ1) is 26.1. The summed E-state index contributed by atoms with van der Waals surface area (Å²) in [6.07, 6.45) is 3.60. The van der Waals surface area contributed by atoms with Gasteiger partial charge in [0.25, 0.3) is 0 Å². The lowest BCUT2D eigenvalue weighted by atomic mass is 10.2. The monoisotopic (exact) mass is 511 g/mol. The third-order valence-corrected chi connectivity index (χ3v) is 4.72. The molecule has 0 fully saturated rings. The van der Waals surface area contributed by atoms with Crippen molar-refractivity contribution in [3.63, 3.8) is 0 Å². The SMILES string of the molecule is CCNC(=NCCCOCCc1ccccc1)NC(C)CCS(C)(=O)=O.I. The van der Waals surface area contributed by atoms with Crippen LogP contribution in [0.25, 0.3) is 0 Å². The van der Waals surface area contributed by atoms with E-state index in [2.05, 4.69) is 27.8 Å². The Labute approximate surface area is 181 Å². The highest BCUT2D eigenvalue weighted by molar-refractivity contribution is 14.0. The van der Waals surface area contributed by atoms with Crippen molar-refractivity contribution in [3.8, 4) is 0 Å². The Hall–Kier alpha value is -0.870. The summed E-state index contributed by atoms with van der Waals surface area (Å²) in [5.74, 6) is 0.897. The van der Waals surface area contributed by atoms with Crippen molar-refractivity contribution >= 4 is 39.8 Å². The van der Waals surface area contributed by atoms with Gasteiger partial charge in [0.15, 0.2) is 5.96 Å². The molecule has 0 radical (unpaired) electrons. The van der Waals surface area contributed by atoms with Crippen molar-refractivity contribution in [2.45, 2.75) is 39.2 Å². The fourth-order valence-corrected chi connectivity index (χ4v) is 3.09. The Morgan fingerprint density at radius 2 is 1.93 bits per heavy atom. The number of hydrogen-bond acceptors (Lipinski definition) is 4. The number of hydrogen-bond donors (Lipinski definition) is 2. The second kappa shape index (κ2) is 15.1. The first-order valence-corrected chi connectivity index (χ1v) is 11.3. The molecular formula is C19H34IN3O3S. The van der Waals surface area contributed by atoms with E-state index in [1.165, 1.54) is 11.8 Å². The topological polar surface area (TPSA) is 79.8 Å². The lowest BCUT2D eigenvalue weighted by Gasteiger charge is -2.17. The van der Waals surface area contributed by atoms with Crippen LogP contribution in [0.5, 0.6) is 0 Å². The van der Waals surface area contributed by atoms with Gasteiger partial charge in [0.05, 0.1) is 12.4 Å². The molecule has 0 aromatic heterocycles. The highest BCUT2D eigenvalue weighted by Gasteiger charge is 2.09. The molecule has 0 heterocycles. The molecule has 0 aliphatic carbocycles. The molecule has 0 aliphatic heterocycles. The quantitative estimate of drug-likeness (QED) is 0.195. The Kier molecular flexibility index (Phi) is 14.6. The van der Waals surface area contributed by atoms with E-state index >= 15 is 0 Å². The first-order chi connectivity index (χ1) is 12.4. The minimum Gasteiger partial charge on any atom is -0.381 e. The fraction of sp³-hybridized carbons (Fsp3) is 0.632. The van der Waals surface area contributed by atoms with Gasteiger partial charge in [-0.05, 0) is 38.7 Å². The third-order valence-electron chi connectivity index (χ3n) is 3.74. The molecule has 27 heavy (non-hydrogen) atoms. The average molecular weight is 511 g/mol. The molecule has 2 N–H and O–H groups in total. The number of sulfone groups is 1. The summed E-state index contributed by atoms with van der Waals surface area (Å²) in [5, 5.41) is 6.43. The third kappa shape index (κ3) is 14.8.